The predicted molar refractivity (Wildman–Crippen MR) is 187 cm³/mol. The second kappa shape index (κ2) is 10.5. The molecule has 0 unspecified atom stereocenters. The fraction of sp³-hybridized carbons (Fsp3) is 0. The Morgan fingerprint density at radius 1 is 0.479 bits per heavy atom. The maximum Gasteiger partial charge on any atom is 0.167 e. The summed E-state index contributed by atoms with van der Waals surface area (Å²) >= 11 is 1.68. The molecule has 0 aliphatic rings. The highest BCUT2D eigenvalue weighted by Crippen LogP contribution is 2.38. The zero-order valence-electron chi connectivity index (χ0n) is 25.0. The van der Waals surface area contributed by atoms with E-state index in [0.29, 0.717) is 22.8 Å². The molecule has 9 nitrogen and oxygen atoms in total. The van der Waals surface area contributed by atoms with Gasteiger partial charge in [-0.1, -0.05) is 66.7 Å². The normalized spacial score (nSPS) is 11.8. The maximum absolute atomic E-state index is 5.32. The molecule has 48 heavy (non-hydrogen) atoms. The molecular weight excluding hydrogens is 619 g/mol. The molecule has 0 amide bonds. The van der Waals surface area contributed by atoms with E-state index in [9.17, 15) is 0 Å². The van der Waals surface area contributed by atoms with Crippen molar-refractivity contribution in [3.05, 3.63) is 128 Å². The van der Waals surface area contributed by atoms with Gasteiger partial charge in [0.15, 0.2) is 11.4 Å². The largest absolute Gasteiger partial charge is 0.309 e. The molecule has 0 bridgehead atoms. The lowest BCUT2D eigenvalue weighted by atomic mass is 10.0. The molecule has 6 heterocycles. The lowest BCUT2D eigenvalue weighted by Crippen LogP contribution is -1.95. The van der Waals surface area contributed by atoms with E-state index in [0.717, 1.165) is 59.4 Å². The van der Waals surface area contributed by atoms with Crippen molar-refractivity contribution in [1.29, 1.82) is 0 Å². The third-order valence-corrected chi connectivity index (χ3v) is 9.78. The topological polar surface area (TPSA) is 109 Å². The Morgan fingerprint density at radius 2 is 1.10 bits per heavy atom. The summed E-state index contributed by atoms with van der Waals surface area (Å²) in [7, 11) is 0. The van der Waals surface area contributed by atoms with Gasteiger partial charge in [0.1, 0.15) is 22.4 Å². The average molecular weight is 640 g/mol. The van der Waals surface area contributed by atoms with Crippen LogP contribution in [0.25, 0.3) is 93.0 Å². The van der Waals surface area contributed by atoms with Gasteiger partial charge in [0.05, 0.1) is 20.4 Å². The van der Waals surface area contributed by atoms with Gasteiger partial charge in [0.25, 0.3) is 0 Å². The molecule has 0 spiro atoms. The summed E-state index contributed by atoms with van der Waals surface area (Å²) in [5.41, 5.74) is 10.6. The van der Waals surface area contributed by atoms with Crippen LogP contribution in [0.3, 0.4) is 0 Å². The van der Waals surface area contributed by atoms with E-state index in [-0.39, 0.29) is 0 Å². The minimum Gasteiger partial charge on any atom is -0.309 e. The van der Waals surface area contributed by atoms with Gasteiger partial charge in [-0.05, 0) is 74.7 Å². The zero-order valence-corrected chi connectivity index (χ0v) is 25.8. The van der Waals surface area contributed by atoms with E-state index >= 15 is 0 Å². The van der Waals surface area contributed by atoms with Crippen LogP contribution in [-0.2, 0) is 0 Å². The minimum absolute atomic E-state index is 0.440. The van der Waals surface area contributed by atoms with Crippen molar-refractivity contribution >= 4 is 53.6 Å². The van der Waals surface area contributed by atoms with Crippen LogP contribution < -0.4 is 0 Å². The van der Waals surface area contributed by atoms with Gasteiger partial charge in [-0.15, -0.1) is 11.3 Å². The van der Waals surface area contributed by atoms with Gasteiger partial charge in [-0.2, -0.15) is 0 Å². The Kier molecular flexibility index (Phi) is 5.84. The predicted octanol–water partition coefficient (Wildman–Crippen LogP) is 9.38. The number of pyridine rings is 2. The monoisotopic (exact) mass is 639 g/mol. The highest BCUT2D eigenvalue weighted by molar-refractivity contribution is 7.25. The average Bonchev–Trinajstić information content (AvgIpc) is 3.95. The van der Waals surface area contributed by atoms with E-state index in [4.69, 9.17) is 14.2 Å². The summed E-state index contributed by atoms with van der Waals surface area (Å²) in [4.78, 5) is 9.30. The molecule has 6 aromatic heterocycles. The molecule has 10 aromatic rings. The number of benzene rings is 4. The van der Waals surface area contributed by atoms with E-state index in [1.165, 1.54) is 10.8 Å². The third kappa shape index (κ3) is 4.10. The smallest absolute Gasteiger partial charge is 0.167 e. The summed E-state index contributed by atoms with van der Waals surface area (Å²) in [6.45, 7) is 0. The number of para-hydroxylation sites is 2. The van der Waals surface area contributed by atoms with Crippen LogP contribution in [0, 0.1) is 0 Å². The number of thiophene rings is 1. The van der Waals surface area contributed by atoms with Gasteiger partial charge in [-0.3, -0.25) is 9.97 Å². The van der Waals surface area contributed by atoms with Crippen molar-refractivity contribution in [3.8, 4) is 50.7 Å². The molecule has 0 aliphatic carbocycles. The van der Waals surface area contributed by atoms with Gasteiger partial charge < -0.3 is 4.57 Å². The molecule has 226 valence electrons. The second-order valence-corrected chi connectivity index (χ2v) is 12.5. The summed E-state index contributed by atoms with van der Waals surface area (Å²) < 4.78 is 15.1. The van der Waals surface area contributed by atoms with Crippen molar-refractivity contribution in [2.75, 3.05) is 0 Å². The van der Waals surface area contributed by atoms with Crippen LogP contribution >= 0.6 is 11.3 Å². The van der Waals surface area contributed by atoms with Crippen LogP contribution in [0.2, 0.25) is 0 Å². The molecule has 0 aliphatic heterocycles. The molecule has 4 aromatic carbocycles. The first-order valence-corrected chi connectivity index (χ1v) is 16.1. The van der Waals surface area contributed by atoms with Crippen molar-refractivity contribution in [2.45, 2.75) is 0 Å². The molecule has 0 saturated carbocycles. The summed E-state index contributed by atoms with van der Waals surface area (Å²) in [5, 5.41) is 19.6. The quantitative estimate of drug-likeness (QED) is 0.183. The van der Waals surface area contributed by atoms with Crippen molar-refractivity contribution in [2.24, 2.45) is 0 Å². The second-order valence-electron chi connectivity index (χ2n) is 11.4. The van der Waals surface area contributed by atoms with Crippen LogP contribution in [0.4, 0.5) is 0 Å². The van der Waals surface area contributed by atoms with Crippen LogP contribution in [0.15, 0.2) is 137 Å². The Hall–Kier alpha value is -6.52. The molecule has 0 N–H and O–H groups in total. The fourth-order valence-electron chi connectivity index (χ4n) is 6.53. The first kappa shape index (κ1) is 26.7. The van der Waals surface area contributed by atoms with Gasteiger partial charge in [0, 0.05) is 45.5 Å². The molecule has 0 saturated heterocycles. The Balaban J connectivity index is 1.05. The molecule has 0 radical (unpaired) electrons. The zero-order chi connectivity index (χ0) is 31.6. The molecule has 10 heteroatoms. The van der Waals surface area contributed by atoms with E-state index in [1.807, 2.05) is 48.7 Å². The first-order valence-electron chi connectivity index (χ1n) is 15.3. The van der Waals surface area contributed by atoms with Crippen LogP contribution in [0.1, 0.15) is 0 Å². The van der Waals surface area contributed by atoms with Gasteiger partial charge in [-0.25, -0.2) is 9.26 Å². The lowest BCUT2D eigenvalue weighted by molar-refractivity contribution is 0.304. The number of rotatable bonds is 5. The standard InChI is InChI=1S/C38H21N7O2S/c1-3-14-29-27(12-1)28-13-2-4-15-30(28)45(29)26-11-6-10-24(19-26)34-38(44-47-42-34)37-33(41-46-43-37)23-9-5-8-22(18-23)25-20-32-36(40-21-25)35-31(48-32)16-7-17-39-35/h1-21H. The van der Waals surface area contributed by atoms with Crippen molar-refractivity contribution in [1.82, 2.24) is 35.2 Å². The number of fused-ring (bicyclic) bond motifs is 6. The lowest BCUT2D eigenvalue weighted by Gasteiger charge is -2.09. The summed E-state index contributed by atoms with van der Waals surface area (Å²) in [6.07, 6.45) is 3.68. The van der Waals surface area contributed by atoms with Crippen LogP contribution in [0.5, 0.6) is 0 Å². The number of hydrogen-bond donors (Lipinski definition) is 0. The Labute approximate surface area is 275 Å². The molecule has 10 rings (SSSR count). The summed E-state index contributed by atoms with van der Waals surface area (Å²) in [5.74, 6) is 0. The fourth-order valence-corrected chi connectivity index (χ4v) is 7.59. The van der Waals surface area contributed by atoms with Crippen molar-refractivity contribution in [3.63, 3.8) is 0 Å². The third-order valence-electron chi connectivity index (χ3n) is 8.70. The molecular formula is C38H21N7O2S. The molecule has 0 fully saturated rings. The van der Waals surface area contributed by atoms with Gasteiger partial charge >= 0.3 is 0 Å². The number of hydrogen-bond acceptors (Lipinski definition) is 9. The first-order chi connectivity index (χ1) is 23.8. The maximum atomic E-state index is 5.32. The van der Waals surface area contributed by atoms with E-state index < -0.39 is 0 Å². The highest BCUT2D eigenvalue weighted by Gasteiger charge is 2.24. The summed E-state index contributed by atoms with van der Waals surface area (Å²) in [6, 6.07) is 39.2. The highest BCUT2D eigenvalue weighted by atomic mass is 32.1. The van der Waals surface area contributed by atoms with Gasteiger partial charge in [0.2, 0.25) is 0 Å². The number of aromatic nitrogens is 7. The Bertz CT molecular complexity index is 2780. The van der Waals surface area contributed by atoms with E-state index in [2.05, 4.69) is 103 Å². The number of nitrogens with zero attached hydrogens (tertiary/aromatic N) is 7. The van der Waals surface area contributed by atoms with E-state index in [1.54, 1.807) is 17.5 Å². The van der Waals surface area contributed by atoms with Crippen molar-refractivity contribution < 1.29 is 9.26 Å². The molecule has 0 atom stereocenters. The Morgan fingerprint density at radius 3 is 1.85 bits per heavy atom. The van der Waals surface area contributed by atoms with Crippen LogP contribution in [-0.4, -0.2) is 35.2 Å². The minimum atomic E-state index is 0.440. The SMILES string of the molecule is c1cc(-c2cnc3c(c2)sc2cccnc23)cc(-c2nonc2-c2nonc2-c2cccc(-n3c4ccccc4c4ccccc43)c2)c1.